The van der Waals surface area contributed by atoms with Crippen LogP contribution in [0.2, 0.25) is 0 Å². The van der Waals surface area contributed by atoms with Gasteiger partial charge < -0.3 is 20.3 Å². The van der Waals surface area contributed by atoms with Crippen molar-refractivity contribution in [2.75, 3.05) is 0 Å². The second-order valence-electron chi connectivity index (χ2n) is 6.26. The molecule has 0 atom stereocenters. The smallest absolute Gasteiger partial charge is 0.351 e. The van der Waals surface area contributed by atoms with E-state index >= 15 is 0 Å². The van der Waals surface area contributed by atoms with Crippen LogP contribution in [-0.2, 0) is 20.8 Å². The SMILES string of the molecule is CCC(=O)NC1CCC(CCc2ccccc2)CC1.O=C([O-])C(=O)O. The van der Waals surface area contributed by atoms with Gasteiger partial charge in [0.25, 0.3) is 0 Å². The maximum atomic E-state index is 11.4. The lowest BCUT2D eigenvalue weighted by Gasteiger charge is -2.29. The summed E-state index contributed by atoms with van der Waals surface area (Å²) in [4.78, 5) is 29.4. The average molecular weight is 348 g/mol. The number of aryl methyl sites for hydroxylation is 1. The predicted molar refractivity (Wildman–Crippen MR) is 91.6 cm³/mol. The van der Waals surface area contributed by atoms with Gasteiger partial charge in [0.1, 0.15) is 0 Å². The number of amides is 1. The number of carboxylic acids is 2. The van der Waals surface area contributed by atoms with Gasteiger partial charge in [0.05, 0.1) is 0 Å². The predicted octanol–water partition coefficient (Wildman–Crippen LogP) is 1.53. The lowest BCUT2D eigenvalue weighted by molar-refractivity contribution is -0.303. The molecule has 138 valence electrons. The van der Waals surface area contributed by atoms with Gasteiger partial charge in [-0.05, 0) is 50.0 Å². The molecule has 2 rings (SSSR count). The number of aliphatic carboxylic acids is 2. The summed E-state index contributed by atoms with van der Waals surface area (Å²) in [6.07, 6.45) is 7.93. The molecule has 6 nitrogen and oxygen atoms in total. The van der Waals surface area contributed by atoms with Crippen molar-refractivity contribution in [2.24, 2.45) is 5.92 Å². The molecular weight excluding hydrogens is 322 g/mol. The molecule has 1 amide bonds. The van der Waals surface area contributed by atoms with Gasteiger partial charge in [0.2, 0.25) is 5.91 Å². The number of nitrogens with one attached hydrogen (secondary N) is 1. The Morgan fingerprint density at radius 3 is 2.16 bits per heavy atom. The fourth-order valence-corrected chi connectivity index (χ4v) is 2.94. The summed E-state index contributed by atoms with van der Waals surface area (Å²) in [5.41, 5.74) is 1.45. The molecule has 0 bridgehead atoms. The molecule has 25 heavy (non-hydrogen) atoms. The normalized spacial score (nSPS) is 19.2. The van der Waals surface area contributed by atoms with Crippen LogP contribution in [0.4, 0.5) is 0 Å². The topological polar surface area (TPSA) is 107 Å². The Hall–Kier alpha value is -2.37. The quantitative estimate of drug-likeness (QED) is 0.785. The number of hydrogen-bond acceptors (Lipinski definition) is 4. The maximum Gasteiger partial charge on any atom is 0.351 e. The van der Waals surface area contributed by atoms with Crippen LogP contribution in [0.25, 0.3) is 0 Å². The zero-order valence-corrected chi connectivity index (χ0v) is 14.6. The van der Waals surface area contributed by atoms with Crippen LogP contribution in [0, 0.1) is 5.92 Å². The Labute approximate surface area is 148 Å². The van der Waals surface area contributed by atoms with E-state index in [1.54, 1.807) is 0 Å². The zero-order valence-electron chi connectivity index (χ0n) is 14.6. The lowest BCUT2D eigenvalue weighted by Crippen LogP contribution is -2.37. The summed E-state index contributed by atoms with van der Waals surface area (Å²) in [5, 5.41) is 19.4. The summed E-state index contributed by atoms with van der Waals surface area (Å²) < 4.78 is 0. The summed E-state index contributed by atoms with van der Waals surface area (Å²) in [5.74, 6) is -2.97. The summed E-state index contributed by atoms with van der Waals surface area (Å²) in [6, 6.07) is 11.2. The molecule has 0 aromatic heterocycles. The van der Waals surface area contributed by atoms with Gasteiger partial charge in [0, 0.05) is 12.5 Å². The highest BCUT2D eigenvalue weighted by atomic mass is 16.4. The van der Waals surface area contributed by atoms with E-state index in [1.165, 1.54) is 31.2 Å². The van der Waals surface area contributed by atoms with Gasteiger partial charge >= 0.3 is 5.97 Å². The monoisotopic (exact) mass is 348 g/mol. The Morgan fingerprint density at radius 1 is 1.12 bits per heavy atom. The Bertz CT molecular complexity index is 538. The minimum absolute atomic E-state index is 0.202. The zero-order chi connectivity index (χ0) is 18.7. The van der Waals surface area contributed by atoms with E-state index in [0.29, 0.717) is 12.5 Å². The maximum absolute atomic E-state index is 11.4. The summed E-state index contributed by atoms with van der Waals surface area (Å²) >= 11 is 0. The van der Waals surface area contributed by atoms with E-state index in [2.05, 4.69) is 35.6 Å². The fraction of sp³-hybridized carbons (Fsp3) is 0.526. The number of benzene rings is 1. The number of carboxylic acid groups (broad SMARTS) is 2. The fourth-order valence-electron chi connectivity index (χ4n) is 2.94. The molecule has 6 heteroatoms. The van der Waals surface area contributed by atoms with Crippen LogP contribution in [0.3, 0.4) is 0 Å². The van der Waals surface area contributed by atoms with Crippen molar-refractivity contribution in [1.82, 2.24) is 5.32 Å². The van der Waals surface area contributed by atoms with Crippen molar-refractivity contribution in [3.8, 4) is 0 Å². The highest BCUT2D eigenvalue weighted by Gasteiger charge is 2.21. The minimum atomic E-state index is -2.07. The molecule has 1 aliphatic carbocycles. The summed E-state index contributed by atoms with van der Waals surface area (Å²) in [6.45, 7) is 1.92. The first kappa shape index (κ1) is 20.7. The van der Waals surface area contributed by atoms with Crippen LogP contribution in [0.5, 0.6) is 0 Å². The van der Waals surface area contributed by atoms with Crippen LogP contribution in [0.15, 0.2) is 30.3 Å². The van der Waals surface area contributed by atoms with E-state index in [0.717, 1.165) is 18.8 Å². The largest absolute Gasteiger partial charge is 0.539 e. The van der Waals surface area contributed by atoms with Crippen LogP contribution < -0.4 is 10.4 Å². The second kappa shape index (κ2) is 11.2. The third kappa shape index (κ3) is 8.88. The van der Waals surface area contributed by atoms with E-state index in [-0.39, 0.29) is 5.91 Å². The molecule has 0 unspecified atom stereocenters. The van der Waals surface area contributed by atoms with Crippen molar-refractivity contribution >= 4 is 17.8 Å². The minimum Gasteiger partial charge on any atom is -0.539 e. The molecule has 1 aromatic carbocycles. The van der Waals surface area contributed by atoms with E-state index < -0.39 is 11.9 Å². The molecule has 1 aromatic rings. The van der Waals surface area contributed by atoms with Crippen LogP contribution >= 0.6 is 0 Å². The second-order valence-corrected chi connectivity index (χ2v) is 6.26. The van der Waals surface area contributed by atoms with Crippen molar-refractivity contribution in [3.63, 3.8) is 0 Å². The Balaban J connectivity index is 0.000000450. The van der Waals surface area contributed by atoms with Gasteiger partial charge in [-0.2, -0.15) is 0 Å². The molecule has 0 heterocycles. The number of rotatable bonds is 5. The number of carbonyl (C=O) groups excluding carboxylic acids is 2. The van der Waals surface area contributed by atoms with Gasteiger partial charge in [-0.1, -0.05) is 37.3 Å². The summed E-state index contributed by atoms with van der Waals surface area (Å²) in [7, 11) is 0. The van der Waals surface area contributed by atoms with E-state index in [4.69, 9.17) is 19.8 Å². The lowest BCUT2D eigenvalue weighted by atomic mass is 9.82. The number of hydrogen-bond donors (Lipinski definition) is 2. The number of carbonyl (C=O) groups is 3. The third-order valence-electron chi connectivity index (χ3n) is 4.39. The average Bonchev–Trinajstić information content (AvgIpc) is 2.62. The molecule has 2 N–H and O–H groups in total. The molecule has 1 aliphatic rings. The molecule has 0 aliphatic heterocycles. The molecular formula is C19H26NO5-. The highest BCUT2D eigenvalue weighted by Crippen LogP contribution is 2.28. The molecule has 0 radical (unpaired) electrons. The highest BCUT2D eigenvalue weighted by molar-refractivity contribution is 6.26. The van der Waals surface area contributed by atoms with Gasteiger partial charge in [0.15, 0.2) is 5.97 Å². The Kier molecular flexibility index (Phi) is 9.29. The first-order chi connectivity index (χ1) is 11.9. The van der Waals surface area contributed by atoms with Crippen molar-refractivity contribution in [2.45, 2.75) is 57.9 Å². The van der Waals surface area contributed by atoms with E-state index in [9.17, 15) is 4.79 Å². The molecule has 0 spiro atoms. The van der Waals surface area contributed by atoms with Gasteiger partial charge in [-0.3, -0.25) is 4.79 Å². The molecule has 1 fully saturated rings. The van der Waals surface area contributed by atoms with E-state index in [1.807, 2.05) is 6.92 Å². The Morgan fingerprint density at radius 2 is 1.68 bits per heavy atom. The van der Waals surface area contributed by atoms with Crippen LogP contribution in [-0.4, -0.2) is 29.0 Å². The first-order valence-corrected chi connectivity index (χ1v) is 8.69. The molecule has 1 saturated carbocycles. The van der Waals surface area contributed by atoms with Crippen molar-refractivity contribution in [3.05, 3.63) is 35.9 Å². The first-order valence-electron chi connectivity index (χ1n) is 8.69. The van der Waals surface area contributed by atoms with Gasteiger partial charge in [-0.25, -0.2) is 4.79 Å². The van der Waals surface area contributed by atoms with Crippen molar-refractivity contribution in [1.29, 1.82) is 0 Å². The van der Waals surface area contributed by atoms with Gasteiger partial charge in [-0.15, -0.1) is 0 Å². The van der Waals surface area contributed by atoms with Crippen molar-refractivity contribution < 1.29 is 24.6 Å². The third-order valence-corrected chi connectivity index (χ3v) is 4.39. The molecule has 0 saturated heterocycles. The standard InChI is InChI=1S/C17H25NO.C2H2O4/c1-2-17(19)18-16-12-10-15(11-13-16)9-8-14-6-4-3-5-7-14;3-1(4)2(5)6/h3-7,15-16H,2,8-13H2,1H3,(H,18,19);(H,3,4)(H,5,6)/p-1. The van der Waals surface area contributed by atoms with Crippen LogP contribution in [0.1, 0.15) is 51.0 Å².